The number of primary amides is 1. The summed E-state index contributed by atoms with van der Waals surface area (Å²) < 4.78 is 0. The van der Waals surface area contributed by atoms with Gasteiger partial charge in [0.2, 0.25) is 5.91 Å². The molecular formula is C21H25NO. The highest BCUT2D eigenvalue weighted by atomic mass is 16.1. The van der Waals surface area contributed by atoms with Crippen molar-refractivity contribution in [1.29, 1.82) is 0 Å². The van der Waals surface area contributed by atoms with E-state index in [0.29, 0.717) is 0 Å². The van der Waals surface area contributed by atoms with Gasteiger partial charge in [0.15, 0.2) is 0 Å². The van der Waals surface area contributed by atoms with Crippen LogP contribution in [0.4, 0.5) is 0 Å². The largest absolute Gasteiger partial charge is 0.369 e. The van der Waals surface area contributed by atoms with Crippen LogP contribution in [-0.4, -0.2) is 5.91 Å². The van der Waals surface area contributed by atoms with Crippen molar-refractivity contribution in [2.75, 3.05) is 0 Å². The molecule has 0 spiro atoms. The van der Waals surface area contributed by atoms with Gasteiger partial charge in [-0.25, -0.2) is 0 Å². The van der Waals surface area contributed by atoms with Crippen LogP contribution in [0.15, 0.2) is 54.6 Å². The maximum absolute atomic E-state index is 12.1. The summed E-state index contributed by atoms with van der Waals surface area (Å²) in [7, 11) is 0. The van der Waals surface area contributed by atoms with E-state index < -0.39 is 5.41 Å². The predicted molar refractivity (Wildman–Crippen MR) is 94.2 cm³/mol. The maximum Gasteiger partial charge on any atom is 0.228 e. The van der Waals surface area contributed by atoms with Crippen LogP contribution >= 0.6 is 0 Å². The first-order valence-corrected chi connectivity index (χ1v) is 8.64. The summed E-state index contributed by atoms with van der Waals surface area (Å²) in [5.41, 5.74) is 9.11. The standard InChI is InChI=1S/C21H25NO/c22-20(23)21(15-5-2-6-16-21)19-13-11-18(12-14-19)10-9-17-7-3-1-4-8-17/h1,3-4,7-8,11-14H,2,5-6,9-10,15-16H2,(H2,22,23). The number of carbonyl (C=O) groups excluding carboxylic acids is 1. The minimum absolute atomic E-state index is 0.158. The second-order valence-electron chi connectivity index (χ2n) is 6.69. The average Bonchev–Trinajstić information content (AvgIpc) is 2.62. The minimum Gasteiger partial charge on any atom is -0.369 e. The molecule has 1 saturated carbocycles. The van der Waals surface area contributed by atoms with Crippen molar-refractivity contribution >= 4 is 5.91 Å². The number of nitrogens with two attached hydrogens (primary N) is 1. The van der Waals surface area contributed by atoms with Gasteiger partial charge >= 0.3 is 0 Å². The van der Waals surface area contributed by atoms with E-state index in [0.717, 1.165) is 44.1 Å². The van der Waals surface area contributed by atoms with Gasteiger partial charge in [-0.2, -0.15) is 0 Å². The fourth-order valence-corrected chi connectivity index (χ4v) is 3.76. The van der Waals surface area contributed by atoms with Crippen molar-refractivity contribution in [3.05, 3.63) is 71.3 Å². The predicted octanol–water partition coefficient (Wildman–Crippen LogP) is 4.16. The topological polar surface area (TPSA) is 43.1 Å². The van der Waals surface area contributed by atoms with Gasteiger partial charge < -0.3 is 5.73 Å². The van der Waals surface area contributed by atoms with Crippen molar-refractivity contribution in [1.82, 2.24) is 0 Å². The first-order chi connectivity index (χ1) is 11.2. The summed E-state index contributed by atoms with van der Waals surface area (Å²) in [5.74, 6) is -0.158. The Hall–Kier alpha value is -2.09. The van der Waals surface area contributed by atoms with E-state index >= 15 is 0 Å². The zero-order valence-electron chi connectivity index (χ0n) is 13.6. The molecule has 1 amide bonds. The highest BCUT2D eigenvalue weighted by Crippen LogP contribution is 2.39. The van der Waals surface area contributed by atoms with Gasteiger partial charge in [-0.3, -0.25) is 4.79 Å². The number of hydrogen-bond donors (Lipinski definition) is 1. The van der Waals surface area contributed by atoms with Crippen molar-refractivity contribution in [2.45, 2.75) is 50.4 Å². The third-order valence-corrected chi connectivity index (χ3v) is 5.23. The molecular weight excluding hydrogens is 282 g/mol. The molecule has 2 aromatic carbocycles. The Morgan fingerprint density at radius 2 is 1.39 bits per heavy atom. The van der Waals surface area contributed by atoms with E-state index in [1.807, 2.05) is 6.07 Å². The highest BCUT2D eigenvalue weighted by Gasteiger charge is 2.39. The quantitative estimate of drug-likeness (QED) is 0.885. The van der Waals surface area contributed by atoms with Crippen molar-refractivity contribution in [3.63, 3.8) is 0 Å². The summed E-state index contributed by atoms with van der Waals surface area (Å²) in [4.78, 5) is 12.1. The average molecular weight is 307 g/mol. The van der Waals surface area contributed by atoms with Gasteiger partial charge in [-0.15, -0.1) is 0 Å². The summed E-state index contributed by atoms with van der Waals surface area (Å²) in [6, 6.07) is 19.1. The number of carbonyl (C=O) groups is 1. The van der Waals surface area contributed by atoms with Gasteiger partial charge in [-0.05, 0) is 42.4 Å². The molecule has 2 nitrogen and oxygen atoms in total. The minimum atomic E-state index is -0.434. The van der Waals surface area contributed by atoms with E-state index in [4.69, 9.17) is 5.73 Å². The van der Waals surface area contributed by atoms with E-state index in [1.165, 1.54) is 17.5 Å². The Morgan fingerprint density at radius 3 is 1.96 bits per heavy atom. The fourth-order valence-electron chi connectivity index (χ4n) is 3.76. The van der Waals surface area contributed by atoms with Crippen molar-refractivity contribution < 1.29 is 4.79 Å². The molecule has 2 aromatic rings. The third-order valence-electron chi connectivity index (χ3n) is 5.23. The van der Waals surface area contributed by atoms with Crippen molar-refractivity contribution in [2.24, 2.45) is 5.73 Å². The highest BCUT2D eigenvalue weighted by molar-refractivity contribution is 5.86. The van der Waals surface area contributed by atoms with Gasteiger partial charge in [-0.1, -0.05) is 73.9 Å². The Morgan fingerprint density at radius 1 is 0.826 bits per heavy atom. The number of aryl methyl sites for hydroxylation is 2. The molecule has 2 heteroatoms. The monoisotopic (exact) mass is 307 g/mol. The fraction of sp³-hybridized carbons (Fsp3) is 0.381. The Bertz CT molecular complexity index is 639. The Labute approximate surface area is 138 Å². The van der Waals surface area contributed by atoms with Gasteiger partial charge in [0, 0.05) is 0 Å². The molecule has 1 aliphatic carbocycles. The van der Waals surface area contributed by atoms with E-state index in [-0.39, 0.29) is 5.91 Å². The number of amides is 1. The summed E-state index contributed by atoms with van der Waals surface area (Å²) >= 11 is 0. The molecule has 1 fully saturated rings. The van der Waals surface area contributed by atoms with Crippen LogP contribution < -0.4 is 5.73 Å². The molecule has 0 bridgehead atoms. The lowest BCUT2D eigenvalue weighted by Crippen LogP contribution is -2.42. The van der Waals surface area contributed by atoms with Gasteiger partial charge in [0.25, 0.3) is 0 Å². The van der Waals surface area contributed by atoms with Crippen LogP contribution in [0, 0.1) is 0 Å². The van der Waals surface area contributed by atoms with Crippen LogP contribution in [-0.2, 0) is 23.1 Å². The lowest BCUT2D eigenvalue weighted by Gasteiger charge is -2.34. The van der Waals surface area contributed by atoms with E-state index in [2.05, 4.69) is 48.5 Å². The van der Waals surface area contributed by atoms with Crippen LogP contribution in [0.25, 0.3) is 0 Å². The molecule has 0 atom stereocenters. The lowest BCUT2D eigenvalue weighted by atomic mass is 9.69. The molecule has 0 radical (unpaired) electrons. The van der Waals surface area contributed by atoms with Crippen LogP contribution in [0.2, 0.25) is 0 Å². The molecule has 0 aliphatic heterocycles. The molecule has 1 aliphatic rings. The number of hydrogen-bond acceptors (Lipinski definition) is 1. The molecule has 0 heterocycles. The first kappa shape index (κ1) is 15.8. The van der Waals surface area contributed by atoms with Crippen LogP contribution in [0.3, 0.4) is 0 Å². The second kappa shape index (κ2) is 6.99. The van der Waals surface area contributed by atoms with Gasteiger partial charge in [0.1, 0.15) is 0 Å². The molecule has 23 heavy (non-hydrogen) atoms. The molecule has 3 rings (SSSR count). The SMILES string of the molecule is NC(=O)C1(c2ccc(CCc3ccccc3)cc2)CCCCC1. The molecule has 120 valence electrons. The summed E-state index contributed by atoms with van der Waals surface area (Å²) in [6.45, 7) is 0. The number of rotatable bonds is 5. The Kier molecular flexibility index (Phi) is 4.80. The first-order valence-electron chi connectivity index (χ1n) is 8.64. The second-order valence-corrected chi connectivity index (χ2v) is 6.69. The van der Waals surface area contributed by atoms with Crippen LogP contribution in [0.1, 0.15) is 48.8 Å². The summed E-state index contributed by atoms with van der Waals surface area (Å²) in [5, 5.41) is 0. The Balaban J connectivity index is 1.72. The van der Waals surface area contributed by atoms with Gasteiger partial charge in [0.05, 0.1) is 5.41 Å². The third kappa shape index (κ3) is 3.47. The van der Waals surface area contributed by atoms with E-state index in [9.17, 15) is 4.79 Å². The van der Waals surface area contributed by atoms with Crippen molar-refractivity contribution in [3.8, 4) is 0 Å². The normalized spacial score (nSPS) is 16.9. The summed E-state index contributed by atoms with van der Waals surface area (Å²) in [6.07, 6.45) is 7.26. The van der Waals surface area contributed by atoms with Crippen LogP contribution in [0.5, 0.6) is 0 Å². The van der Waals surface area contributed by atoms with E-state index in [1.54, 1.807) is 0 Å². The molecule has 0 aromatic heterocycles. The zero-order chi connectivity index (χ0) is 16.1. The molecule has 2 N–H and O–H groups in total. The zero-order valence-corrected chi connectivity index (χ0v) is 13.6. The smallest absolute Gasteiger partial charge is 0.228 e. The molecule has 0 unspecified atom stereocenters. The maximum atomic E-state index is 12.1. The number of benzene rings is 2. The lowest BCUT2D eigenvalue weighted by molar-refractivity contribution is -0.124. The molecule has 0 saturated heterocycles.